The summed E-state index contributed by atoms with van der Waals surface area (Å²) in [6.45, 7) is 10.9. The van der Waals surface area contributed by atoms with Gasteiger partial charge in [0.15, 0.2) is 11.6 Å². The number of amides is 1. The Balaban J connectivity index is 1.43. The van der Waals surface area contributed by atoms with Crippen molar-refractivity contribution in [3.63, 3.8) is 0 Å². The van der Waals surface area contributed by atoms with E-state index in [9.17, 15) is 4.79 Å². The van der Waals surface area contributed by atoms with Crippen molar-refractivity contribution in [2.24, 2.45) is 0 Å². The van der Waals surface area contributed by atoms with Gasteiger partial charge < -0.3 is 9.80 Å². The summed E-state index contributed by atoms with van der Waals surface area (Å²) in [4.78, 5) is 16.9. The quantitative estimate of drug-likeness (QED) is 0.688. The fourth-order valence-corrected chi connectivity index (χ4v) is 3.67. The molecule has 0 radical (unpaired) electrons. The highest BCUT2D eigenvalue weighted by molar-refractivity contribution is 5.95. The summed E-state index contributed by atoms with van der Waals surface area (Å²) < 4.78 is 1.83. The van der Waals surface area contributed by atoms with Gasteiger partial charge >= 0.3 is 0 Å². The third kappa shape index (κ3) is 3.60. The van der Waals surface area contributed by atoms with Crippen molar-refractivity contribution in [1.82, 2.24) is 24.9 Å². The van der Waals surface area contributed by atoms with Crippen LogP contribution in [0.4, 0.5) is 5.82 Å². The molecule has 1 aromatic carbocycles. The highest BCUT2D eigenvalue weighted by Gasteiger charge is 2.24. The van der Waals surface area contributed by atoms with Crippen LogP contribution < -0.4 is 4.90 Å². The molecule has 0 spiro atoms. The standard InChI is InChI=1S/C22H26N6O/c1-15-7-5-6-8-19(15)22(29)27-13-11-26(12-14-27)20-9-10-21(24-23-20)28-18(4)16(2)17(3)25-28/h5-10H,11-14H2,1-4H3. The zero-order chi connectivity index (χ0) is 20.5. The Morgan fingerprint density at radius 3 is 2.10 bits per heavy atom. The summed E-state index contributed by atoms with van der Waals surface area (Å²) in [5, 5.41) is 13.3. The minimum absolute atomic E-state index is 0.101. The normalized spacial score (nSPS) is 14.3. The first-order valence-electron chi connectivity index (χ1n) is 9.92. The monoisotopic (exact) mass is 390 g/mol. The number of hydrogen-bond acceptors (Lipinski definition) is 5. The maximum atomic E-state index is 12.8. The molecule has 7 heteroatoms. The molecule has 3 aromatic rings. The number of carbonyl (C=O) groups is 1. The van der Waals surface area contributed by atoms with Crippen LogP contribution in [0, 0.1) is 27.7 Å². The first-order valence-corrected chi connectivity index (χ1v) is 9.92. The first kappa shape index (κ1) is 19.1. The van der Waals surface area contributed by atoms with Crippen LogP contribution in [0.3, 0.4) is 0 Å². The lowest BCUT2D eigenvalue weighted by atomic mass is 10.1. The first-order chi connectivity index (χ1) is 14.0. The van der Waals surface area contributed by atoms with Gasteiger partial charge in [0.1, 0.15) is 0 Å². The molecule has 7 nitrogen and oxygen atoms in total. The average molecular weight is 390 g/mol. The van der Waals surface area contributed by atoms with E-state index in [2.05, 4.69) is 27.1 Å². The van der Waals surface area contributed by atoms with Crippen LogP contribution in [-0.4, -0.2) is 57.0 Å². The van der Waals surface area contributed by atoms with Crippen LogP contribution in [0.1, 0.15) is 32.9 Å². The minimum Gasteiger partial charge on any atom is -0.352 e. The number of nitrogens with zero attached hydrogens (tertiary/aromatic N) is 6. The summed E-state index contributed by atoms with van der Waals surface area (Å²) in [6, 6.07) is 11.7. The predicted molar refractivity (Wildman–Crippen MR) is 113 cm³/mol. The second-order valence-corrected chi connectivity index (χ2v) is 7.55. The van der Waals surface area contributed by atoms with Crippen molar-refractivity contribution in [2.45, 2.75) is 27.7 Å². The molecule has 1 amide bonds. The molecule has 0 aliphatic carbocycles. The van der Waals surface area contributed by atoms with Gasteiger partial charge in [-0.2, -0.15) is 5.10 Å². The smallest absolute Gasteiger partial charge is 0.254 e. The van der Waals surface area contributed by atoms with Crippen LogP contribution in [0.2, 0.25) is 0 Å². The Morgan fingerprint density at radius 2 is 1.52 bits per heavy atom. The van der Waals surface area contributed by atoms with E-state index in [4.69, 9.17) is 0 Å². The minimum atomic E-state index is 0.101. The molecule has 150 valence electrons. The van der Waals surface area contributed by atoms with Crippen molar-refractivity contribution in [1.29, 1.82) is 0 Å². The molecule has 4 rings (SSSR count). The summed E-state index contributed by atoms with van der Waals surface area (Å²) in [6.07, 6.45) is 0. The van der Waals surface area contributed by atoms with E-state index in [-0.39, 0.29) is 5.91 Å². The summed E-state index contributed by atoms with van der Waals surface area (Å²) in [5.74, 6) is 1.65. The number of rotatable bonds is 3. The van der Waals surface area contributed by atoms with Crippen LogP contribution in [0.5, 0.6) is 0 Å². The van der Waals surface area contributed by atoms with E-state index < -0.39 is 0 Å². The number of aromatic nitrogens is 4. The van der Waals surface area contributed by atoms with Crippen LogP contribution in [0.15, 0.2) is 36.4 Å². The number of piperazine rings is 1. The molecule has 2 aromatic heterocycles. The Morgan fingerprint density at radius 1 is 0.862 bits per heavy atom. The molecule has 1 aliphatic heterocycles. The number of carbonyl (C=O) groups excluding carboxylic acids is 1. The van der Waals surface area contributed by atoms with E-state index in [1.807, 2.05) is 66.8 Å². The van der Waals surface area contributed by atoms with E-state index >= 15 is 0 Å². The third-order valence-corrected chi connectivity index (χ3v) is 5.77. The van der Waals surface area contributed by atoms with Gasteiger partial charge in [-0.3, -0.25) is 4.79 Å². The largest absolute Gasteiger partial charge is 0.352 e. The van der Waals surface area contributed by atoms with Crippen LogP contribution in [0.25, 0.3) is 5.82 Å². The van der Waals surface area contributed by atoms with Gasteiger partial charge in [-0.05, 0) is 57.0 Å². The maximum absolute atomic E-state index is 12.8. The highest BCUT2D eigenvalue weighted by atomic mass is 16.2. The van der Waals surface area contributed by atoms with Crippen molar-refractivity contribution in [3.05, 3.63) is 64.5 Å². The Bertz CT molecular complexity index is 1030. The summed E-state index contributed by atoms with van der Waals surface area (Å²) in [7, 11) is 0. The molecule has 3 heterocycles. The Kier molecular flexibility index (Phi) is 5.05. The molecular weight excluding hydrogens is 364 g/mol. The molecule has 29 heavy (non-hydrogen) atoms. The molecule has 0 bridgehead atoms. The lowest BCUT2D eigenvalue weighted by Gasteiger charge is -2.35. The van der Waals surface area contributed by atoms with Gasteiger partial charge in [0.05, 0.1) is 5.69 Å². The number of aryl methyl sites for hydroxylation is 2. The fourth-order valence-electron chi connectivity index (χ4n) is 3.67. The van der Waals surface area contributed by atoms with Gasteiger partial charge in [-0.25, -0.2) is 4.68 Å². The lowest BCUT2D eigenvalue weighted by Crippen LogP contribution is -2.49. The van der Waals surface area contributed by atoms with Gasteiger partial charge in [-0.15, -0.1) is 10.2 Å². The zero-order valence-corrected chi connectivity index (χ0v) is 17.4. The molecule has 1 aliphatic rings. The molecule has 0 N–H and O–H groups in total. The third-order valence-electron chi connectivity index (χ3n) is 5.77. The predicted octanol–water partition coefficient (Wildman–Crippen LogP) is 2.86. The van der Waals surface area contributed by atoms with Crippen molar-refractivity contribution >= 4 is 11.7 Å². The van der Waals surface area contributed by atoms with Crippen molar-refractivity contribution in [3.8, 4) is 5.82 Å². The Hall–Kier alpha value is -3.22. The number of anilines is 1. The molecule has 1 saturated heterocycles. The van der Waals surface area contributed by atoms with E-state index in [1.54, 1.807) is 0 Å². The molecule has 0 atom stereocenters. The summed E-state index contributed by atoms with van der Waals surface area (Å²) in [5.41, 5.74) is 5.05. The topological polar surface area (TPSA) is 67.2 Å². The fraction of sp³-hybridized carbons (Fsp3) is 0.364. The molecular formula is C22H26N6O. The van der Waals surface area contributed by atoms with Crippen molar-refractivity contribution < 1.29 is 4.79 Å². The summed E-state index contributed by atoms with van der Waals surface area (Å²) >= 11 is 0. The second-order valence-electron chi connectivity index (χ2n) is 7.55. The van der Waals surface area contributed by atoms with Crippen molar-refractivity contribution in [2.75, 3.05) is 31.1 Å². The number of hydrogen-bond donors (Lipinski definition) is 0. The van der Waals surface area contributed by atoms with Gasteiger partial charge in [0.25, 0.3) is 5.91 Å². The molecule has 0 saturated carbocycles. The maximum Gasteiger partial charge on any atom is 0.254 e. The number of benzene rings is 1. The lowest BCUT2D eigenvalue weighted by molar-refractivity contribution is 0.0745. The molecule has 0 unspecified atom stereocenters. The van der Waals surface area contributed by atoms with E-state index in [0.717, 1.165) is 47.2 Å². The Labute approximate surface area is 171 Å². The zero-order valence-electron chi connectivity index (χ0n) is 17.4. The van der Waals surface area contributed by atoms with Gasteiger partial charge in [0, 0.05) is 37.4 Å². The second kappa shape index (κ2) is 7.66. The van der Waals surface area contributed by atoms with Gasteiger partial charge in [-0.1, -0.05) is 18.2 Å². The van der Waals surface area contributed by atoms with E-state index in [0.29, 0.717) is 13.1 Å². The average Bonchev–Trinajstić information content (AvgIpc) is 3.01. The van der Waals surface area contributed by atoms with Crippen LogP contribution >= 0.6 is 0 Å². The van der Waals surface area contributed by atoms with E-state index in [1.165, 1.54) is 5.56 Å². The van der Waals surface area contributed by atoms with Gasteiger partial charge in [0.2, 0.25) is 0 Å². The highest BCUT2D eigenvalue weighted by Crippen LogP contribution is 2.19. The molecule has 1 fully saturated rings. The van der Waals surface area contributed by atoms with Crippen LogP contribution in [-0.2, 0) is 0 Å². The SMILES string of the molecule is Cc1ccccc1C(=O)N1CCN(c2ccc(-n3nc(C)c(C)c3C)nn2)CC1.